The zero-order chi connectivity index (χ0) is 48.8. The number of benzene rings is 6. The molecular formula is C62H71FN2O4. The van der Waals surface area contributed by atoms with E-state index in [0.29, 0.717) is 37.0 Å². The Morgan fingerprint density at radius 3 is 1.52 bits per heavy atom. The third-order valence-electron chi connectivity index (χ3n) is 13.5. The molecule has 0 amide bonds. The quantitative estimate of drug-likeness (QED) is 0.0572. The molecule has 1 saturated carbocycles. The van der Waals surface area contributed by atoms with Crippen LogP contribution in [0.3, 0.4) is 0 Å². The van der Waals surface area contributed by atoms with Crippen LogP contribution in [0.1, 0.15) is 124 Å². The summed E-state index contributed by atoms with van der Waals surface area (Å²) in [6.07, 6.45) is 6.42. The second-order valence-corrected chi connectivity index (χ2v) is 19.7. The van der Waals surface area contributed by atoms with E-state index in [-0.39, 0.29) is 25.0 Å². The smallest absolute Gasteiger partial charge is 0.316 e. The van der Waals surface area contributed by atoms with Crippen LogP contribution in [-0.4, -0.2) is 66.6 Å². The number of aromatic hydroxyl groups is 1. The number of ether oxygens (including phenoxy) is 1. The summed E-state index contributed by atoms with van der Waals surface area (Å²) in [5.74, 6) is 1.20. The van der Waals surface area contributed by atoms with E-state index in [4.69, 9.17) is 4.74 Å². The van der Waals surface area contributed by atoms with Gasteiger partial charge in [-0.3, -0.25) is 14.1 Å². The van der Waals surface area contributed by atoms with Crippen molar-refractivity contribution in [2.45, 2.75) is 91.5 Å². The molecule has 8 rings (SSSR count). The maximum Gasteiger partial charge on any atom is 0.316 e. The molecule has 0 spiro atoms. The number of aliphatic hydroxyl groups excluding tert-OH is 1. The van der Waals surface area contributed by atoms with E-state index >= 15 is 0 Å². The Morgan fingerprint density at radius 2 is 1.09 bits per heavy atom. The molecule has 1 heterocycles. The molecule has 7 heteroatoms. The Morgan fingerprint density at radius 1 is 0.623 bits per heavy atom. The molecule has 1 aliphatic carbocycles. The first-order valence-electron chi connectivity index (χ1n) is 25.0. The van der Waals surface area contributed by atoms with Gasteiger partial charge in [0.2, 0.25) is 0 Å². The molecule has 0 radical (unpaired) electrons. The van der Waals surface area contributed by atoms with Gasteiger partial charge in [-0.25, -0.2) is 0 Å². The lowest BCUT2D eigenvalue weighted by molar-refractivity contribution is -0.143. The van der Waals surface area contributed by atoms with Gasteiger partial charge in [-0.1, -0.05) is 128 Å². The van der Waals surface area contributed by atoms with Gasteiger partial charge in [0.1, 0.15) is 11.5 Å². The molecule has 2 N–H and O–H groups in total. The first-order chi connectivity index (χ1) is 33.4. The van der Waals surface area contributed by atoms with Crippen molar-refractivity contribution in [1.82, 2.24) is 4.90 Å². The number of nitrogens with zero attached hydrogens (tertiary/aromatic N) is 2. The molecule has 6 aromatic carbocycles. The Kier molecular flexibility index (Phi) is 17.8. The van der Waals surface area contributed by atoms with Gasteiger partial charge in [0.25, 0.3) is 0 Å². The fourth-order valence-electron chi connectivity index (χ4n) is 9.21. The number of hydrogen-bond acceptors (Lipinski definition) is 6. The highest BCUT2D eigenvalue weighted by Crippen LogP contribution is 2.40. The second-order valence-electron chi connectivity index (χ2n) is 19.7. The normalized spacial score (nSPS) is 15.1. The van der Waals surface area contributed by atoms with Crippen LogP contribution in [0.15, 0.2) is 158 Å². The molecule has 6 aromatic rings. The molecule has 6 nitrogen and oxygen atoms in total. The van der Waals surface area contributed by atoms with E-state index in [1.54, 1.807) is 12.1 Å². The highest BCUT2D eigenvalue weighted by molar-refractivity contribution is 6.00. The number of carbonyl (C=O) groups is 1. The second kappa shape index (κ2) is 24.3. The van der Waals surface area contributed by atoms with E-state index in [0.717, 1.165) is 82.7 Å². The first-order valence-corrected chi connectivity index (χ1v) is 25.0. The van der Waals surface area contributed by atoms with E-state index in [1.165, 1.54) is 36.1 Å². The number of halogens is 1. The van der Waals surface area contributed by atoms with E-state index in [1.807, 2.05) is 81.4 Å². The summed E-state index contributed by atoms with van der Waals surface area (Å²) in [6, 6.07) is 54.2. The van der Waals surface area contributed by atoms with E-state index in [9.17, 15) is 19.4 Å². The van der Waals surface area contributed by atoms with E-state index < -0.39 is 5.41 Å². The number of carbonyl (C=O) groups excluding carboxylic acids is 1. The predicted octanol–water partition coefficient (Wildman–Crippen LogP) is 14.3. The van der Waals surface area contributed by atoms with Gasteiger partial charge in [0.05, 0.1) is 12.1 Å². The molecule has 0 aromatic heterocycles. The fraction of sp³-hybridized carbons (Fsp3) is 0.339. The van der Waals surface area contributed by atoms with Crippen molar-refractivity contribution in [2.75, 3.05) is 44.4 Å². The molecule has 2 aliphatic rings. The number of hydrogen-bond donors (Lipinski definition) is 2. The van der Waals surface area contributed by atoms with Crippen molar-refractivity contribution in [3.05, 3.63) is 197 Å². The van der Waals surface area contributed by atoms with Gasteiger partial charge in [0, 0.05) is 44.5 Å². The fourth-order valence-corrected chi connectivity index (χ4v) is 9.21. The summed E-state index contributed by atoms with van der Waals surface area (Å²) < 4.78 is 18.9. The van der Waals surface area contributed by atoms with Gasteiger partial charge in [-0.2, -0.15) is 0 Å². The van der Waals surface area contributed by atoms with Crippen LogP contribution in [0.2, 0.25) is 0 Å². The van der Waals surface area contributed by atoms with Crippen LogP contribution < -0.4 is 9.64 Å². The minimum absolute atomic E-state index is 0.153. The summed E-state index contributed by atoms with van der Waals surface area (Å²) in [6.45, 7) is 14.1. The Labute approximate surface area is 410 Å². The summed E-state index contributed by atoms with van der Waals surface area (Å²) in [4.78, 5) is 17.3. The van der Waals surface area contributed by atoms with Crippen molar-refractivity contribution in [2.24, 2.45) is 5.41 Å². The maximum atomic E-state index is 13.3. The van der Waals surface area contributed by atoms with Crippen LogP contribution in [0.5, 0.6) is 11.5 Å². The minimum Gasteiger partial charge on any atom is -0.508 e. The molecule has 69 heavy (non-hydrogen) atoms. The number of phenols is 1. The number of aliphatic hydroxyl groups is 1. The first kappa shape index (κ1) is 50.6. The van der Waals surface area contributed by atoms with Gasteiger partial charge in [-0.15, -0.1) is 0 Å². The van der Waals surface area contributed by atoms with Crippen molar-refractivity contribution in [3.63, 3.8) is 0 Å². The van der Waals surface area contributed by atoms with Crippen molar-refractivity contribution in [1.29, 1.82) is 0 Å². The molecule has 0 atom stereocenters. The number of anilines is 1. The zero-order valence-corrected chi connectivity index (χ0v) is 41.3. The molecule has 1 aliphatic heterocycles. The SMILES string of the molecule is CC(C)(C)C(=O)Oc1ccc(/C(=C(\CCCF)c2ccccc2)c2ccc(C3CCC3)cc2)cc1.CC(C)N1CCN(c2ccc(/C(=C(/CCCO)c3ccccc3)c3ccc(O)cc3)cc2)CC1. The molecular weight excluding hydrogens is 856 g/mol. The predicted molar refractivity (Wildman–Crippen MR) is 284 cm³/mol. The molecule has 1 saturated heterocycles. The number of allylic oxidation sites excluding steroid dienone is 2. The van der Waals surface area contributed by atoms with Crippen LogP contribution in [0.25, 0.3) is 22.3 Å². The summed E-state index contributed by atoms with van der Waals surface area (Å²) >= 11 is 0. The zero-order valence-electron chi connectivity index (χ0n) is 41.3. The Hall–Kier alpha value is -6.28. The van der Waals surface area contributed by atoms with Crippen LogP contribution in [0, 0.1) is 5.41 Å². The molecule has 2 fully saturated rings. The minimum atomic E-state index is -0.571. The largest absolute Gasteiger partial charge is 0.508 e. The molecule has 0 bridgehead atoms. The number of esters is 1. The summed E-state index contributed by atoms with van der Waals surface area (Å²) in [5, 5.41) is 19.5. The topological polar surface area (TPSA) is 73.2 Å². The van der Waals surface area contributed by atoms with Crippen LogP contribution in [-0.2, 0) is 4.79 Å². The van der Waals surface area contributed by atoms with Gasteiger partial charge >= 0.3 is 5.97 Å². The van der Waals surface area contributed by atoms with Gasteiger partial charge < -0.3 is 19.8 Å². The van der Waals surface area contributed by atoms with Gasteiger partial charge in [0.15, 0.2) is 0 Å². The van der Waals surface area contributed by atoms with Crippen molar-refractivity contribution < 1.29 is 24.1 Å². The maximum absolute atomic E-state index is 13.3. The average molecular weight is 927 g/mol. The Bertz CT molecular complexity index is 2590. The third-order valence-corrected chi connectivity index (χ3v) is 13.5. The molecule has 360 valence electrons. The summed E-state index contributed by atoms with van der Waals surface area (Å²) in [7, 11) is 0. The highest BCUT2D eigenvalue weighted by atomic mass is 19.1. The molecule has 0 unspecified atom stereocenters. The van der Waals surface area contributed by atoms with Crippen molar-refractivity contribution in [3.8, 4) is 11.5 Å². The van der Waals surface area contributed by atoms with E-state index in [2.05, 4.69) is 109 Å². The van der Waals surface area contributed by atoms with Crippen LogP contribution >= 0.6 is 0 Å². The Balaban J connectivity index is 0.000000204. The lowest BCUT2D eigenvalue weighted by Crippen LogP contribution is -2.48. The van der Waals surface area contributed by atoms with Crippen LogP contribution in [0.4, 0.5) is 10.1 Å². The standard InChI is InChI=1S/C32H35FO2.C30H36N2O2/c1-32(2,3)31(34)35-28-20-18-27(19-21-28)30(26-16-14-24(15-17-26)23-11-7-12-23)29(13-8-22-33)25-9-5-4-6-10-25;1-23(2)31-18-20-32(21-19-31)27-14-10-25(11-15-27)30(26-12-16-28(34)17-13-26)29(9-6-22-33)24-7-4-3-5-8-24/h4-6,9-10,14-21,23H,7-8,11-13,22H2,1-3H3;3-5,7-8,10-17,23,33-34H,6,9,18-22H2,1-2H3/b2*30-29+. The van der Waals surface area contributed by atoms with Gasteiger partial charge in [-0.05, 0) is 177 Å². The lowest BCUT2D eigenvalue weighted by atomic mass is 9.79. The number of piperazine rings is 1. The average Bonchev–Trinajstić information content (AvgIpc) is 3.35. The monoisotopic (exact) mass is 927 g/mol. The number of rotatable bonds is 16. The number of phenolic OH excluding ortho intramolecular Hbond substituents is 1. The third kappa shape index (κ3) is 13.5. The highest BCUT2D eigenvalue weighted by Gasteiger charge is 2.25. The summed E-state index contributed by atoms with van der Waals surface area (Å²) in [5.41, 5.74) is 13.3. The number of alkyl halides is 1. The lowest BCUT2D eigenvalue weighted by Gasteiger charge is -2.38. The van der Waals surface area contributed by atoms with Crippen molar-refractivity contribution >= 4 is 33.9 Å².